The fraction of sp³-hybridized carbons (Fsp3) is 0.500. The number of esters is 1. The second-order valence-corrected chi connectivity index (χ2v) is 5.05. The molecule has 1 aliphatic rings. The van der Waals surface area contributed by atoms with E-state index in [0.717, 1.165) is 18.4 Å². The lowest BCUT2D eigenvalue weighted by Gasteiger charge is -2.21. The van der Waals surface area contributed by atoms with Crippen LogP contribution in [-0.2, 0) is 20.7 Å². The Morgan fingerprint density at radius 1 is 1.29 bits per heavy atom. The lowest BCUT2D eigenvalue weighted by molar-refractivity contribution is -0.149. The van der Waals surface area contributed by atoms with Crippen molar-refractivity contribution < 1.29 is 19.1 Å². The van der Waals surface area contributed by atoms with E-state index in [0.29, 0.717) is 12.4 Å². The third-order valence-electron chi connectivity index (χ3n) is 3.45. The SMILES string of the molecule is CCOC(=O)CN(C(=O)Cc1ccccc1OC)C1CC1. The first-order chi connectivity index (χ1) is 10.2. The molecule has 0 unspecified atom stereocenters. The normalized spacial score (nSPS) is 13.6. The standard InChI is InChI=1S/C16H21NO4/c1-3-21-16(19)11-17(13-8-9-13)15(18)10-12-6-4-5-7-14(12)20-2/h4-7,13H,3,8-11H2,1-2H3. The van der Waals surface area contributed by atoms with Crippen molar-refractivity contribution in [2.75, 3.05) is 20.3 Å². The Morgan fingerprint density at radius 3 is 2.62 bits per heavy atom. The molecular formula is C16H21NO4. The number of ether oxygens (including phenoxy) is 2. The Kier molecular flexibility index (Phi) is 5.20. The maximum Gasteiger partial charge on any atom is 0.325 e. The fourth-order valence-corrected chi connectivity index (χ4v) is 2.27. The highest BCUT2D eigenvalue weighted by Crippen LogP contribution is 2.28. The molecular weight excluding hydrogens is 270 g/mol. The zero-order valence-electron chi connectivity index (χ0n) is 12.5. The molecule has 0 N–H and O–H groups in total. The van der Waals surface area contributed by atoms with Gasteiger partial charge in [-0.25, -0.2) is 0 Å². The van der Waals surface area contributed by atoms with E-state index in [4.69, 9.17) is 9.47 Å². The highest BCUT2D eigenvalue weighted by atomic mass is 16.5. The smallest absolute Gasteiger partial charge is 0.325 e. The minimum atomic E-state index is -0.349. The highest BCUT2D eigenvalue weighted by molar-refractivity contribution is 5.84. The van der Waals surface area contributed by atoms with Crippen LogP contribution in [0, 0.1) is 0 Å². The molecule has 1 amide bonds. The van der Waals surface area contributed by atoms with Crippen LogP contribution in [0.15, 0.2) is 24.3 Å². The summed E-state index contributed by atoms with van der Waals surface area (Å²) in [6.45, 7) is 2.13. The number of rotatable bonds is 7. The third kappa shape index (κ3) is 4.21. The predicted octanol–water partition coefficient (Wildman–Crippen LogP) is 1.79. The molecule has 5 heteroatoms. The van der Waals surface area contributed by atoms with E-state index in [1.165, 1.54) is 0 Å². The van der Waals surface area contributed by atoms with Crippen molar-refractivity contribution in [1.82, 2.24) is 4.90 Å². The lowest BCUT2D eigenvalue weighted by atomic mass is 10.1. The van der Waals surface area contributed by atoms with Crippen LogP contribution >= 0.6 is 0 Å². The topological polar surface area (TPSA) is 55.8 Å². The van der Waals surface area contributed by atoms with Crippen LogP contribution < -0.4 is 4.74 Å². The Labute approximate surface area is 124 Å². The van der Waals surface area contributed by atoms with Gasteiger partial charge in [0.2, 0.25) is 5.91 Å². The predicted molar refractivity (Wildman–Crippen MR) is 78.1 cm³/mol. The summed E-state index contributed by atoms with van der Waals surface area (Å²) < 4.78 is 10.2. The van der Waals surface area contributed by atoms with Crippen LogP contribution in [-0.4, -0.2) is 43.1 Å². The number of hydrogen-bond acceptors (Lipinski definition) is 4. The van der Waals surface area contributed by atoms with Crippen molar-refractivity contribution in [2.24, 2.45) is 0 Å². The van der Waals surface area contributed by atoms with Crippen molar-refractivity contribution in [3.05, 3.63) is 29.8 Å². The van der Waals surface area contributed by atoms with Crippen molar-refractivity contribution >= 4 is 11.9 Å². The van der Waals surface area contributed by atoms with E-state index in [9.17, 15) is 9.59 Å². The van der Waals surface area contributed by atoms with Crippen molar-refractivity contribution in [3.8, 4) is 5.75 Å². The van der Waals surface area contributed by atoms with Crippen LogP contribution in [0.1, 0.15) is 25.3 Å². The number of methoxy groups -OCH3 is 1. The molecule has 0 heterocycles. The van der Waals surface area contributed by atoms with E-state index in [-0.39, 0.29) is 30.9 Å². The zero-order chi connectivity index (χ0) is 15.2. The molecule has 1 fully saturated rings. The van der Waals surface area contributed by atoms with E-state index in [1.54, 1.807) is 18.9 Å². The molecule has 0 aromatic heterocycles. The van der Waals surface area contributed by atoms with Gasteiger partial charge in [0.25, 0.3) is 0 Å². The minimum Gasteiger partial charge on any atom is -0.496 e. The van der Waals surface area contributed by atoms with Crippen molar-refractivity contribution in [2.45, 2.75) is 32.2 Å². The zero-order valence-corrected chi connectivity index (χ0v) is 12.5. The summed E-state index contributed by atoms with van der Waals surface area (Å²) in [5, 5.41) is 0. The van der Waals surface area contributed by atoms with Gasteiger partial charge in [0.15, 0.2) is 0 Å². The first-order valence-corrected chi connectivity index (χ1v) is 7.22. The molecule has 1 saturated carbocycles. The van der Waals surface area contributed by atoms with Crippen LogP contribution in [0.3, 0.4) is 0 Å². The summed E-state index contributed by atoms with van der Waals surface area (Å²) in [6.07, 6.45) is 2.15. The van der Waals surface area contributed by atoms with E-state index in [2.05, 4.69) is 0 Å². The summed E-state index contributed by atoms with van der Waals surface area (Å²) in [5.41, 5.74) is 0.833. The fourth-order valence-electron chi connectivity index (χ4n) is 2.27. The second kappa shape index (κ2) is 7.11. The van der Waals surface area contributed by atoms with Gasteiger partial charge in [0, 0.05) is 11.6 Å². The Hall–Kier alpha value is -2.04. The third-order valence-corrected chi connectivity index (χ3v) is 3.45. The summed E-state index contributed by atoms with van der Waals surface area (Å²) in [4.78, 5) is 25.7. The van der Waals surface area contributed by atoms with Gasteiger partial charge in [-0.2, -0.15) is 0 Å². The number of benzene rings is 1. The largest absolute Gasteiger partial charge is 0.496 e. The van der Waals surface area contributed by atoms with Crippen LogP contribution in [0.5, 0.6) is 5.75 Å². The Balaban J connectivity index is 2.03. The first-order valence-electron chi connectivity index (χ1n) is 7.22. The van der Waals surface area contributed by atoms with Gasteiger partial charge in [-0.15, -0.1) is 0 Å². The van der Waals surface area contributed by atoms with Gasteiger partial charge >= 0.3 is 5.97 Å². The molecule has 0 spiro atoms. The number of carbonyl (C=O) groups excluding carboxylic acids is 2. The van der Waals surface area contributed by atoms with Crippen molar-refractivity contribution in [3.63, 3.8) is 0 Å². The molecule has 114 valence electrons. The monoisotopic (exact) mass is 291 g/mol. The molecule has 1 aliphatic carbocycles. The highest BCUT2D eigenvalue weighted by Gasteiger charge is 2.34. The summed E-state index contributed by atoms with van der Waals surface area (Å²) >= 11 is 0. The average molecular weight is 291 g/mol. The van der Waals surface area contributed by atoms with Crippen LogP contribution in [0.2, 0.25) is 0 Å². The number of nitrogens with zero attached hydrogens (tertiary/aromatic N) is 1. The molecule has 0 aliphatic heterocycles. The maximum atomic E-state index is 12.5. The van der Waals surface area contributed by atoms with Gasteiger partial charge in [-0.1, -0.05) is 18.2 Å². The van der Waals surface area contributed by atoms with E-state index >= 15 is 0 Å². The van der Waals surface area contributed by atoms with Crippen LogP contribution in [0.4, 0.5) is 0 Å². The lowest BCUT2D eigenvalue weighted by Crippen LogP contribution is -2.39. The van der Waals surface area contributed by atoms with Gasteiger partial charge in [0.05, 0.1) is 20.1 Å². The summed E-state index contributed by atoms with van der Waals surface area (Å²) in [6, 6.07) is 7.61. The van der Waals surface area contributed by atoms with Crippen molar-refractivity contribution in [1.29, 1.82) is 0 Å². The molecule has 0 saturated heterocycles. The summed E-state index contributed by atoms with van der Waals surface area (Å²) in [7, 11) is 1.58. The quantitative estimate of drug-likeness (QED) is 0.719. The van der Waals surface area contributed by atoms with E-state index in [1.807, 2.05) is 24.3 Å². The molecule has 5 nitrogen and oxygen atoms in total. The number of amides is 1. The molecule has 0 bridgehead atoms. The van der Waals surface area contributed by atoms with Gasteiger partial charge in [-0.3, -0.25) is 9.59 Å². The van der Waals surface area contributed by atoms with Gasteiger partial charge in [0.1, 0.15) is 12.3 Å². The second-order valence-electron chi connectivity index (χ2n) is 5.05. The molecule has 21 heavy (non-hydrogen) atoms. The van der Waals surface area contributed by atoms with Gasteiger partial charge < -0.3 is 14.4 Å². The first kappa shape index (κ1) is 15.4. The van der Waals surface area contributed by atoms with Crippen LogP contribution in [0.25, 0.3) is 0 Å². The summed E-state index contributed by atoms with van der Waals surface area (Å²) in [5.74, 6) is 0.283. The number of hydrogen-bond donors (Lipinski definition) is 0. The van der Waals surface area contributed by atoms with E-state index < -0.39 is 0 Å². The molecule has 1 aromatic carbocycles. The number of carbonyl (C=O) groups is 2. The molecule has 0 radical (unpaired) electrons. The molecule has 2 rings (SSSR count). The Bertz CT molecular complexity index is 511. The maximum absolute atomic E-state index is 12.5. The minimum absolute atomic E-state index is 0.0342. The molecule has 0 atom stereocenters. The number of para-hydroxylation sites is 1. The molecule has 1 aromatic rings. The van der Waals surface area contributed by atoms with Gasteiger partial charge in [-0.05, 0) is 25.8 Å². The average Bonchev–Trinajstić information content (AvgIpc) is 3.30. The Morgan fingerprint density at radius 2 is 2.00 bits per heavy atom.